The molecule has 6 nitrogen and oxygen atoms in total. The first-order chi connectivity index (χ1) is 8.51. The lowest BCUT2D eigenvalue weighted by atomic mass is 10.1. The average molecular weight is 278 g/mol. The standard InChI is InChI=1S/C11H22N2O4S/c1-3-8-13(10-4-6-12-7-5-10)18(15,16)9-11(14)17-2/h10,12H,3-9H2,1-2H3. The molecule has 0 aromatic rings. The van der Waals surface area contributed by atoms with Crippen molar-refractivity contribution in [3.63, 3.8) is 0 Å². The van der Waals surface area contributed by atoms with Crippen molar-refractivity contribution < 1.29 is 17.9 Å². The molecule has 0 spiro atoms. The van der Waals surface area contributed by atoms with Crippen molar-refractivity contribution in [1.82, 2.24) is 9.62 Å². The van der Waals surface area contributed by atoms with Crippen molar-refractivity contribution in [2.75, 3.05) is 32.5 Å². The van der Waals surface area contributed by atoms with Gasteiger partial charge in [0.25, 0.3) is 0 Å². The van der Waals surface area contributed by atoms with Gasteiger partial charge < -0.3 is 10.1 Å². The summed E-state index contributed by atoms with van der Waals surface area (Å²) in [5.41, 5.74) is 0. The summed E-state index contributed by atoms with van der Waals surface area (Å²) < 4.78 is 30.3. The van der Waals surface area contributed by atoms with Gasteiger partial charge in [-0.25, -0.2) is 8.42 Å². The zero-order valence-electron chi connectivity index (χ0n) is 11.0. The van der Waals surface area contributed by atoms with Gasteiger partial charge in [-0.05, 0) is 32.4 Å². The molecule has 0 aromatic heterocycles. The lowest BCUT2D eigenvalue weighted by Crippen LogP contribution is -2.48. The van der Waals surface area contributed by atoms with Crippen LogP contribution in [0, 0.1) is 0 Å². The molecule has 1 heterocycles. The van der Waals surface area contributed by atoms with Crippen LogP contribution < -0.4 is 5.32 Å². The maximum absolute atomic E-state index is 12.2. The van der Waals surface area contributed by atoms with Crippen molar-refractivity contribution in [3.8, 4) is 0 Å². The van der Waals surface area contributed by atoms with Crippen LogP contribution in [0.15, 0.2) is 0 Å². The van der Waals surface area contributed by atoms with E-state index in [9.17, 15) is 13.2 Å². The Labute approximate surface area is 109 Å². The molecule has 0 unspecified atom stereocenters. The van der Waals surface area contributed by atoms with E-state index in [4.69, 9.17) is 0 Å². The summed E-state index contributed by atoms with van der Waals surface area (Å²) in [6, 6.07) is 0.000793. The van der Waals surface area contributed by atoms with E-state index in [2.05, 4.69) is 10.1 Å². The highest BCUT2D eigenvalue weighted by Crippen LogP contribution is 2.17. The molecule has 1 rings (SSSR count). The largest absolute Gasteiger partial charge is 0.468 e. The summed E-state index contributed by atoms with van der Waals surface area (Å²) in [5.74, 6) is -1.27. The van der Waals surface area contributed by atoms with Crippen LogP contribution in [0.1, 0.15) is 26.2 Å². The van der Waals surface area contributed by atoms with Gasteiger partial charge in [-0.15, -0.1) is 0 Å². The second-order valence-corrected chi connectivity index (χ2v) is 6.35. The number of carbonyl (C=O) groups is 1. The average Bonchev–Trinajstić information content (AvgIpc) is 2.36. The summed E-state index contributed by atoms with van der Waals surface area (Å²) >= 11 is 0. The highest BCUT2D eigenvalue weighted by atomic mass is 32.2. The topological polar surface area (TPSA) is 75.7 Å². The second-order valence-electron chi connectivity index (χ2n) is 4.42. The number of hydrogen-bond acceptors (Lipinski definition) is 5. The van der Waals surface area contributed by atoms with Crippen LogP contribution in [0.25, 0.3) is 0 Å². The maximum Gasteiger partial charge on any atom is 0.322 e. The Hall–Kier alpha value is -0.660. The highest BCUT2D eigenvalue weighted by Gasteiger charge is 2.32. The Kier molecular flexibility index (Phi) is 6.04. The third kappa shape index (κ3) is 4.22. The smallest absolute Gasteiger partial charge is 0.322 e. The van der Waals surface area contributed by atoms with Crippen LogP contribution in [-0.2, 0) is 19.6 Å². The third-order valence-corrected chi connectivity index (χ3v) is 4.84. The molecular weight excluding hydrogens is 256 g/mol. The van der Waals surface area contributed by atoms with Gasteiger partial charge in [0.15, 0.2) is 5.75 Å². The molecule has 106 valence electrons. The normalized spacial score (nSPS) is 17.9. The number of piperidine rings is 1. The molecule has 1 fully saturated rings. The molecule has 0 atom stereocenters. The molecule has 1 aliphatic heterocycles. The highest BCUT2D eigenvalue weighted by molar-refractivity contribution is 7.89. The van der Waals surface area contributed by atoms with Gasteiger partial charge in [0.05, 0.1) is 7.11 Å². The predicted molar refractivity (Wildman–Crippen MR) is 68.7 cm³/mol. The number of methoxy groups -OCH3 is 1. The van der Waals surface area contributed by atoms with Gasteiger partial charge in [0, 0.05) is 12.6 Å². The van der Waals surface area contributed by atoms with Gasteiger partial charge in [-0.1, -0.05) is 6.92 Å². The fourth-order valence-corrected chi connectivity index (χ4v) is 3.86. The minimum atomic E-state index is -3.56. The molecule has 0 aromatic carbocycles. The van der Waals surface area contributed by atoms with Crippen molar-refractivity contribution in [1.29, 1.82) is 0 Å². The van der Waals surface area contributed by atoms with Crippen LogP contribution >= 0.6 is 0 Å². The molecule has 7 heteroatoms. The van der Waals surface area contributed by atoms with Crippen LogP contribution in [0.2, 0.25) is 0 Å². The number of hydrogen-bond donors (Lipinski definition) is 1. The molecule has 0 radical (unpaired) electrons. The van der Waals surface area contributed by atoms with Gasteiger partial charge in [-0.3, -0.25) is 4.79 Å². The number of nitrogens with zero attached hydrogens (tertiary/aromatic N) is 1. The maximum atomic E-state index is 12.2. The molecule has 0 saturated carbocycles. The van der Waals surface area contributed by atoms with E-state index in [0.717, 1.165) is 32.4 Å². The first-order valence-electron chi connectivity index (χ1n) is 6.28. The Morgan fingerprint density at radius 1 is 1.39 bits per heavy atom. The van der Waals surface area contributed by atoms with Gasteiger partial charge >= 0.3 is 5.97 Å². The molecule has 1 N–H and O–H groups in total. The number of ether oxygens (including phenoxy) is 1. The predicted octanol–water partition coefficient (Wildman–Crippen LogP) is -0.0468. The van der Waals surface area contributed by atoms with E-state index in [1.807, 2.05) is 6.92 Å². The Morgan fingerprint density at radius 3 is 2.50 bits per heavy atom. The van der Waals surface area contributed by atoms with Crippen molar-refractivity contribution >= 4 is 16.0 Å². The van der Waals surface area contributed by atoms with Gasteiger partial charge in [0.2, 0.25) is 10.0 Å². The van der Waals surface area contributed by atoms with E-state index in [0.29, 0.717) is 6.54 Å². The zero-order valence-corrected chi connectivity index (χ0v) is 11.8. The van der Waals surface area contributed by atoms with E-state index in [1.54, 1.807) is 0 Å². The second kappa shape index (κ2) is 7.06. The quantitative estimate of drug-likeness (QED) is 0.690. The fraction of sp³-hybridized carbons (Fsp3) is 0.909. The lowest BCUT2D eigenvalue weighted by Gasteiger charge is -2.33. The summed E-state index contributed by atoms with van der Waals surface area (Å²) in [6.07, 6.45) is 2.32. The SMILES string of the molecule is CCCN(C1CCNCC1)S(=O)(=O)CC(=O)OC. The van der Waals surface area contributed by atoms with E-state index >= 15 is 0 Å². The van der Waals surface area contributed by atoms with Crippen LogP contribution in [0.4, 0.5) is 0 Å². The summed E-state index contributed by atoms with van der Waals surface area (Å²) in [4.78, 5) is 11.2. The lowest BCUT2D eigenvalue weighted by molar-refractivity contribution is -0.137. The van der Waals surface area contributed by atoms with Crippen LogP contribution in [0.5, 0.6) is 0 Å². The Morgan fingerprint density at radius 2 is 2.00 bits per heavy atom. The number of esters is 1. The minimum absolute atomic E-state index is 0.000793. The molecule has 1 aliphatic rings. The Balaban J connectivity index is 2.78. The monoisotopic (exact) mass is 278 g/mol. The molecule has 0 bridgehead atoms. The molecule has 1 saturated heterocycles. The molecular formula is C11H22N2O4S. The summed E-state index contributed by atoms with van der Waals surface area (Å²) in [7, 11) is -2.36. The number of rotatable bonds is 6. The first-order valence-corrected chi connectivity index (χ1v) is 7.89. The minimum Gasteiger partial charge on any atom is -0.468 e. The molecule has 18 heavy (non-hydrogen) atoms. The van der Waals surface area contributed by atoms with Gasteiger partial charge in [0.1, 0.15) is 0 Å². The first kappa shape index (κ1) is 15.4. The Bertz CT molecular complexity index is 363. The summed E-state index contributed by atoms with van der Waals surface area (Å²) in [6.45, 7) is 4.03. The summed E-state index contributed by atoms with van der Waals surface area (Å²) in [5, 5.41) is 3.20. The van der Waals surface area contributed by atoms with Gasteiger partial charge in [-0.2, -0.15) is 4.31 Å². The number of sulfonamides is 1. The zero-order chi connectivity index (χ0) is 13.6. The van der Waals surface area contributed by atoms with Crippen LogP contribution in [-0.4, -0.2) is 57.2 Å². The van der Waals surface area contributed by atoms with E-state index in [1.165, 1.54) is 11.4 Å². The molecule has 0 aliphatic carbocycles. The van der Waals surface area contributed by atoms with Crippen molar-refractivity contribution in [2.45, 2.75) is 32.2 Å². The van der Waals surface area contributed by atoms with Crippen molar-refractivity contribution in [2.24, 2.45) is 0 Å². The van der Waals surface area contributed by atoms with E-state index in [-0.39, 0.29) is 6.04 Å². The van der Waals surface area contributed by atoms with E-state index < -0.39 is 21.7 Å². The molecule has 0 amide bonds. The number of carbonyl (C=O) groups excluding carboxylic acids is 1. The number of nitrogens with one attached hydrogen (secondary N) is 1. The van der Waals surface area contributed by atoms with Crippen LogP contribution in [0.3, 0.4) is 0 Å². The fourth-order valence-electron chi connectivity index (χ4n) is 2.15. The van der Waals surface area contributed by atoms with Crippen molar-refractivity contribution in [3.05, 3.63) is 0 Å². The third-order valence-electron chi connectivity index (χ3n) is 3.05.